The summed E-state index contributed by atoms with van der Waals surface area (Å²) in [5.41, 5.74) is 6.08. The number of nitrogens with one attached hydrogen (secondary N) is 1. The topological polar surface area (TPSA) is 52.0 Å². The number of halogens is 1. The van der Waals surface area contributed by atoms with E-state index in [9.17, 15) is 4.39 Å². The van der Waals surface area contributed by atoms with Crippen molar-refractivity contribution in [1.82, 2.24) is 14.8 Å². The summed E-state index contributed by atoms with van der Waals surface area (Å²) in [4.78, 5) is 5.64. The molecule has 2 aliphatic rings. The summed E-state index contributed by atoms with van der Waals surface area (Å²) in [5.74, 6) is 1.19. The highest BCUT2D eigenvalue weighted by molar-refractivity contribution is 7.98. The maximum absolute atomic E-state index is 13.8. The molecular weight excluding hydrogens is 435 g/mol. The molecule has 0 amide bonds. The minimum absolute atomic E-state index is 0.272. The Morgan fingerprint density at radius 2 is 1.76 bits per heavy atom. The fourth-order valence-corrected chi connectivity index (χ4v) is 5.01. The van der Waals surface area contributed by atoms with E-state index in [-0.39, 0.29) is 18.0 Å². The average Bonchev–Trinajstić information content (AvgIpc) is 3.31. The Hall–Kier alpha value is -3.58. The lowest BCUT2D eigenvalue weighted by atomic mass is 9.84. The number of aromatic nitrogens is 3. The van der Waals surface area contributed by atoms with E-state index in [0.29, 0.717) is 5.95 Å². The minimum atomic E-state index is -0.342. The van der Waals surface area contributed by atoms with E-state index >= 15 is 0 Å². The van der Waals surface area contributed by atoms with Gasteiger partial charge in [0.1, 0.15) is 30.0 Å². The number of nitrogens with zero attached hydrogens (tertiary/aromatic N) is 3. The summed E-state index contributed by atoms with van der Waals surface area (Å²) in [6, 6.07) is 20.9. The van der Waals surface area contributed by atoms with Crippen molar-refractivity contribution in [3.05, 3.63) is 107 Å². The zero-order valence-corrected chi connectivity index (χ0v) is 18.9. The smallest absolute Gasteiger partial charge is 0.226 e. The molecule has 0 aliphatic carbocycles. The van der Waals surface area contributed by atoms with Gasteiger partial charge in [-0.15, -0.1) is 11.8 Å². The maximum Gasteiger partial charge on any atom is 0.226 e. The van der Waals surface area contributed by atoms with Crippen LogP contribution in [0.4, 0.5) is 10.3 Å². The number of thioether (sulfide) groups is 1. The Bertz CT molecular complexity index is 1380. The fraction of sp³-hybridized carbons (Fsp3) is 0.154. The van der Waals surface area contributed by atoms with Crippen molar-refractivity contribution in [2.75, 3.05) is 11.6 Å². The Morgan fingerprint density at radius 1 is 1.00 bits per heavy atom. The van der Waals surface area contributed by atoms with Crippen molar-refractivity contribution in [2.45, 2.75) is 24.0 Å². The highest BCUT2D eigenvalue weighted by Crippen LogP contribution is 2.50. The minimum Gasteiger partial charge on any atom is -0.480 e. The number of hydrogen-bond donors (Lipinski definition) is 1. The molecule has 0 saturated carbocycles. The quantitative estimate of drug-likeness (QED) is 0.383. The summed E-state index contributed by atoms with van der Waals surface area (Å²) >= 11 is 1.70. The molecule has 3 aromatic carbocycles. The molecule has 1 N–H and O–H groups in total. The lowest BCUT2D eigenvalue weighted by Gasteiger charge is -2.39. The van der Waals surface area contributed by atoms with E-state index in [4.69, 9.17) is 4.74 Å². The van der Waals surface area contributed by atoms with Crippen LogP contribution in [0.2, 0.25) is 0 Å². The van der Waals surface area contributed by atoms with Crippen LogP contribution in [0.1, 0.15) is 34.4 Å². The van der Waals surface area contributed by atoms with Crippen molar-refractivity contribution in [3.63, 3.8) is 0 Å². The van der Waals surface area contributed by atoms with E-state index in [1.807, 2.05) is 10.7 Å². The van der Waals surface area contributed by atoms with Crippen LogP contribution in [0, 0.1) is 12.7 Å². The second-order valence-corrected chi connectivity index (χ2v) is 9.09. The molecule has 0 fully saturated rings. The predicted molar refractivity (Wildman–Crippen MR) is 128 cm³/mol. The van der Waals surface area contributed by atoms with Crippen molar-refractivity contribution >= 4 is 23.4 Å². The van der Waals surface area contributed by atoms with Gasteiger partial charge in [0.2, 0.25) is 5.95 Å². The zero-order chi connectivity index (χ0) is 22.5. The second kappa shape index (κ2) is 7.78. The third-order valence-corrected chi connectivity index (χ3v) is 6.92. The first-order valence-electron chi connectivity index (χ1n) is 10.7. The predicted octanol–water partition coefficient (Wildman–Crippen LogP) is 6.01. The van der Waals surface area contributed by atoms with Crippen LogP contribution in [0.25, 0.3) is 5.70 Å². The van der Waals surface area contributed by atoms with Gasteiger partial charge in [-0.25, -0.2) is 9.07 Å². The van der Waals surface area contributed by atoms with Gasteiger partial charge in [-0.1, -0.05) is 35.9 Å². The van der Waals surface area contributed by atoms with E-state index in [0.717, 1.165) is 39.3 Å². The zero-order valence-electron chi connectivity index (χ0n) is 18.1. The Morgan fingerprint density at radius 3 is 2.52 bits per heavy atom. The number of fused-ring (bicyclic) bond motifs is 3. The molecule has 0 bridgehead atoms. The fourth-order valence-electron chi connectivity index (χ4n) is 4.60. The van der Waals surface area contributed by atoms with Crippen LogP contribution in [-0.4, -0.2) is 21.0 Å². The molecule has 0 unspecified atom stereocenters. The molecule has 5 nitrogen and oxygen atoms in total. The molecule has 6 rings (SSSR count). The number of benzene rings is 3. The molecule has 33 heavy (non-hydrogen) atoms. The summed E-state index contributed by atoms with van der Waals surface area (Å²) in [5, 5.41) is 8.02. The van der Waals surface area contributed by atoms with Crippen molar-refractivity contribution in [1.29, 1.82) is 0 Å². The second-order valence-electron chi connectivity index (χ2n) is 8.21. The molecular formula is C26H21FN4OS. The number of anilines is 1. The van der Waals surface area contributed by atoms with Crippen molar-refractivity contribution < 1.29 is 9.13 Å². The van der Waals surface area contributed by atoms with Gasteiger partial charge in [-0.3, -0.25) is 0 Å². The van der Waals surface area contributed by atoms with Crippen molar-refractivity contribution in [3.8, 4) is 5.75 Å². The number of aryl methyl sites for hydroxylation is 1. The standard InChI is InChI=1S/C26H21FN4OS/c1-15-3-12-21-20(13-15)23-22(25(32-21)17-6-10-19(33-2)11-7-17)24(16-4-8-18(27)9-5-16)31-26(30-23)28-14-29-31/h3-14,24-25H,1-2H3,(H,28,29,30)/t24-,25+/m1/s1. The van der Waals surface area contributed by atoms with Gasteiger partial charge >= 0.3 is 0 Å². The van der Waals surface area contributed by atoms with Gasteiger partial charge < -0.3 is 10.1 Å². The molecule has 0 saturated heterocycles. The highest BCUT2D eigenvalue weighted by atomic mass is 32.2. The first-order valence-corrected chi connectivity index (χ1v) is 11.9. The first-order chi connectivity index (χ1) is 16.1. The number of ether oxygens (including phenoxy) is 1. The SMILES string of the molecule is CSc1ccc([C@@H]2Oc3ccc(C)cc3C3=C2[C@@H](c2ccc(F)cc2)n2ncnc2N3)cc1. The molecule has 4 aromatic rings. The van der Waals surface area contributed by atoms with Gasteiger partial charge in [0.15, 0.2) is 0 Å². The monoisotopic (exact) mass is 456 g/mol. The molecule has 164 valence electrons. The Balaban J connectivity index is 1.61. The highest BCUT2D eigenvalue weighted by Gasteiger charge is 2.40. The number of hydrogen-bond acceptors (Lipinski definition) is 5. The van der Waals surface area contributed by atoms with Crippen LogP contribution < -0.4 is 10.1 Å². The maximum atomic E-state index is 13.8. The van der Waals surface area contributed by atoms with Gasteiger partial charge in [0.05, 0.1) is 5.70 Å². The van der Waals surface area contributed by atoms with Crippen LogP contribution in [0.15, 0.2) is 83.5 Å². The molecule has 0 spiro atoms. The largest absolute Gasteiger partial charge is 0.480 e. The third kappa shape index (κ3) is 3.31. The summed E-state index contributed by atoms with van der Waals surface area (Å²) < 4.78 is 22.3. The summed E-state index contributed by atoms with van der Waals surface area (Å²) in [6.07, 6.45) is 3.26. The molecule has 0 radical (unpaired) electrons. The van der Waals surface area contributed by atoms with Crippen molar-refractivity contribution in [2.24, 2.45) is 0 Å². The van der Waals surface area contributed by atoms with Gasteiger partial charge in [0, 0.05) is 16.0 Å². The first kappa shape index (κ1) is 20.1. The average molecular weight is 457 g/mol. The van der Waals surface area contributed by atoms with Crippen LogP contribution in [-0.2, 0) is 0 Å². The Kier molecular flexibility index (Phi) is 4.73. The lowest BCUT2D eigenvalue weighted by molar-refractivity contribution is 0.223. The number of rotatable bonds is 3. The van der Waals surface area contributed by atoms with Gasteiger partial charge in [-0.05, 0) is 60.7 Å². The normalized spacial score (nSPS) is 18.6. The molecule has 2 aliphatic heterocycles. The molecule has 2 atom stereocenters. The lowest BCUT2D eigenvalue weighted by Crippen LogP contribution is -2.32. The molecule has 3 heterocycles. The van der Waals surface area contributed by atoms with Gasteiger partial charge in [0.25, 0.3) is 0 Å². The van der Waals surface area contributed by atoms with E-state index in [1.165, 1.54) is 23.4 Å². The van der Waals surface area contributed by atoms with Crippen LogP contribution in [0.5, 0.6) is 5.75 Å². The molecule has 1 aromatic heterocycles. The summed E-state index contributed by atoms with van der Waals surface area (Å²) in [7, 11) is 0. The van der Waals surface area contributed by atoms with E-state index in [1.54, 1.807) is 23.9 Å². The van der Waals surface area contributed by atoms with E-state index in [2.05, 4.69) is 65.0 Å². The van der Waals surface area contributed by atoms with Gasteiger partial charge in [-0.2, -0.15) is 10.1 Å². The van der Waals surface area contributed by atoms with Crippen LogP contribution >= 0.6 is 11.8 Å². The molecule has 7 heteroatoms. The van der Waals surface area contributed by atoms with E-state index < -0.39 is 0 Å². The Labute approximate surface area is 195 Å². The summed E-state index contributed by atoms with van der Waals surface area (Å²) in [6.45, 7) is 2.07. The van der Waals surface area contributed by atoms with Crippen LogP contribution in [0.3, 0.4) is 0 Å². The third-order valence-electron chi connectivity index (χ3n) is 6.17.